The first-order valence-electron chi connectivity index (χ1n) is 4.96. The summed E-state index contributed by atoms with van der Waals surface area (Å²) in [5.74, 6) is 0.131. The van der Waals surface area contributed by atoms with E-state index >= 15 is 0 Å². The summed E-state index contributed by atoms with van der Waals surface area (Å²) in [6, 6.07) is 9.37. The third-order valence-electron chi connectivity index (χ3n) is 2.63. The van der Waals surface area contributed by atoms with Crippen molar-refractivity contribution in [1.82, 2.24) is 0 Å². The van der Waals surface area contributed by atoms with E-state index in [9.17, 15) is 4.79 Å². The molecule has 0 atom stereocenters. The molecular formula is C12H17BrOS. The van der Waals surface area contributed by atoms with Gasteiger partial charge in [0.2, 0.25) is 0 Å². The highest BCUT2D eigenvalue weighted by Crippen LogP contribution is 2.27. The van der Waals surface area contributed by atoms with Crippen molar-refractivity contribution in [3.8, 4) is 0 Å². The molecule has 0 amide bonds. The van der Waals surface area contributed by atoms with E-state index in [1.54, 1.807) is 0 Å². The van der Waals surface area contributed by atoms with Crippen LogP contribution in [0.25, 0.3) is 0 Å². The van der Waals surface area contributed by atoms with Crippen LogP contribution in [0.2, 0.25) is 0 Å². The van der Waals surface area contributed by atoms with Crippen molar-refractivity contribution in [3.63, 3.8) is 0 Å². The van der Waals surface area contributed by atoms with Crippen LogP contribution in [0.1, 0.15) is 37.0 Å². The predicted molar refractivity (Wildman–Crippen MR) is 73.4 cm³/mol. The second-order valence-electron chi connectivity index (χ2n) is 3.43. The second kappa shape index (κ2) is 6.33. The molecule has 0 unspecified atom stereocenters. The van der Waals surface area contributed by atoms with E-state index < -0.39 is 4.75 Å². The second-order valence-corrected chi connectivity index (χ2v) is 4.29. The SMILES string of the molecule is Br.CCC(S)(CC)C(=O)c1ccccc1. The van der Waals surface area contributed by atoms with E-state index in [2.05, 4.69) is 12.6 Å². The lowest BCUT2D eigenvalue weighted by molar-refractivity contribution is 0.0938. The summed E-state index contributed by atoms with van der Waals surface area (Å²) in [6.07, 6.45) is 1.53. The molecule has 0 aliphatic heterocycles. The number of benzene rings is 1. The maximum Gasteiger partial charge on any atom is 0.178 e. The summed E-state index contributed by atoms with van der Waals surface area (Å²) in [7, 11) is 0. The van der Waals surface area contributed by atoms with Gasteiger partial charge in [0.25, 0.3) is 0 Å². The molecule has 0 fully saturated rings. The highest BCUT2D eigenvalue weighted by molar-refractivity contribution is 8.93. The first kappa shape index (κ1) is 14.7. The Morgan fingerprint density at radius 2 is 1.67 bits per heavy atom. The molecule has 0 saturated heterocycles. The van der Waals surface area contributed by atoms with Crippen LogP contribution in [-0.2, 0) is 0 Å². The van der Waals surface area contributed by atoms with E-state index in [0.29, 0.717) is 0 Å². The molecule has 0 aromatic heterocycles. The van der Waals surface area contributed by atoms with Gasteiger partial charge in [0.1, 0.15) is 0 Å². The molecule has 0 N–H and O–H groups in total. The highest BCUT2D eigenvalue weighted by Gasteiger charge is 2.30. The maximum atomic E-state index is 12.1. The molecule has 0 radical (unpaired) electrons. The first-order valence-corrected chi connectivity index (χ1v) is 5.41. The van der Waals surface area contributed by atoms with Gasteiger partial charge in [-0.2, -0.15) is 12.6 Å². The number of hydrogen-bond donors (Lipinski definition) is 1. The summed E-state index contributed by atoms with van der Waals surface area (Å²) in [5, 5.41) is 0. The smallest absolute Gasteiger partial charge is 0.178 e. The first-order chi connectivity index (χ1) is 6.64. The van der Waals surface area contributed by atoms with Crippen LogP contribution < -0.4 is 0 Å². The minimum absolute atomic E-state index is 0. The van der Waals surface area contributed by atoms with E-state index in [0.717, 1.165) is 18.4 Å². The third kappa shape index (κ3) is 3.35. The molecule has 84 valence electrons. The summed E-state index contributed by atoms with van der Waals surface area (Å²) < 4.78 is -0.499. The Bertz CT molecular complexity index is 307. The van der Waals surface area contributed by atoms with Crippen molar-refractivity contribution in [1.29, 1.82) is 0 Å². The fraction of sp³-hybridized carbons (Fsp3) is 0.417. The van der Waals surface area contributed by atoms with E-state index in [4.69, 9.17) is 0 Å². The van der Waals surface area contributed by atoms with Gasteiger partial charge >= 0.3 is 0 Å². The van der Waals surface area contributed by atoms with Crippen LogP contribution >= 0.6 is 29.6 Å². The standard InChI is InChI=1S/C12H16OS.BrH/c1-3-12(14,4-2)11(13)10-8-6-5-7-9-10;/h5-9,14H,3-4H2,1-2H3;1H. The third-order valence-corrected chi connectivity index (χ3v) is 3.46. The molecule has 15 heavy (non-hydrogen) atoms. The topological polar surface area (TPSA) is 17.1 Å². The molecule has 1 aromatic rings. The van der Waals surface area contributed by atoms with Gasteiger partial charge in [-0.05, 0) is 12.8 Å². The monoisotopic (exact) mass is 288 g/mol. The van der Waals surface area contributed by atoms with E-state index in [1.165, 1.54) is 0 Å². The van der Waals surface area contributed by atoms with Crippen LogP contribution in [0.4, 0.5) is 0 Å². The Labute approximate surface area is 107 Å². The number of carbonyl (C=O) groups excluding carboxylic acids is 1. The quantitative estimate of drug-likeness (QED) is 0.656. The summed E-state index contributed by atoms with van der Waals surface area (Å²) in [5.41, 5.74) is 0.756. The lowest BCUT2D eigenvalue weighted by atomic mass is 9.92. The lowest BCUT2D eigenvalue weighted by Gasteiger charge is -2.23. The number of hydrogen-bond acceptors (Lipinski definition) is 2. The number of carbonyl (C=O) groups is 1. The summed E-state index contributed by atoms with van der Waals surface area (Å²) in [4.78, 5) is 12.1. The van der Waals surface area contributed by atoms with Gasteiger partial charge in [-0.3, -0.25) is 4.79 Å². The van der Waals surface area contributed by atoms with Crippen LogP contribution in [0.5, 0.6) is 0 Å². The van der Waals surface area contributed by atoms with Gasteiger partial charge in [0.05, 0.1) is 4.75 Å². The molecule has 0 spiro atoms. The number of halogens is 1. The zero-order valence-corrected chi connectivity index (χ0v) is 11.7. The average Bonchev–Trinajstić information content (AvgIpc) is 2.28. The number of Topliss-reactive ketones (excluding diaryl/α,β-unsaturated/α-hetero) is 1. The summed E-state index contributed by atoms with van der Waals surface area (Å²) >= 11 is 4.48. The summed E-state index contributed by atoms with van der Waals surface area (Å²) in [6.45, 7) is 3.99. The van der Waals surface area contributed by atoms with Gasteiger partial charge in [0, 0.05) is 5.56 Å². The van der Waals surface area contributed by atoms with E-state index in [1.807, 2.05) is 44.2 Å². The van der Waals surface area contributed by atoms with E-state index in [-0.39, 0.29) is 22.8 Å². The zero-order valence-electron chi connectivity index (χ0n) is 9.06. The molecule has 0 bridgehead atoms. The van der Waals surface area contributed by atoms with Gasteiger partial charge in [0.15, 0.2) is 5.78 Å². The molecule has 0 aliphatic carbocycles. The van der Waals surface area contributed by atoms with Crippen LogP contribution in [-0.4, -0.2) is 10.5 Å². The lowest BCUT2D eigenvalue weighted by Crippen LogP contribution is -2.31. The zero-order chi connectivity index (χ0) is 10.6. The van der Waals surface area contributed by atoms with Crippen LogP contribution in [0.3, 0.4) is 0 Å². The van der Waals surface area contributed by atoms with Gasteiger partial charge in [-0.15, -0.1) is 17.0 Å². The minimum atomic E-state index is -0.499. The fourth-order valence-corrected chi connectivity index (χ4v) is 1.56. The average molecular weight is 289 g/mol. The normalized spacial score (nSPS) is 10.6. The van der Waals surface area contributed by atoms with Gasteiger partial charge < -0.3 is 0 Å². The van der Waals surface area contributed by atoms with Crippen molar-refractivity contribution in [2.75, 3.05) is 0 Å². The molecule has 1 nitrogen and oxygen atoms in total. The predicted octanol–water partition coefficient (Wildman–Crippen LogP) is 3.94. The molecule has 1 aromatic carbocycles. The maximum absolute atomic E-state index is 12.1. The number of ketones is 1. The Kier molecular flexibility index (Phi) is 6.22. The van der Waals surface area contributed by atoms with Crippen LogP contribution in [0, 0.1) is 0 Å². The van der Waals surface area contributed by atoms with Crippen molar-refractivity contribution in [2.45, 2.75) is 31.4 Å². The van der Waals surface area contributed by atoms with Crippen molar-refractivity contribution in [3.05, 3.63) is 35.9 Å². The Hall–Kier alpha value is -0.280. The number of rotatable bonds is 4. The number of thiol groups is 1. The van der Waals surface area contributed by atoms with Crippen molar-refractivity contribution < 1.29 is 4.79 Å². The van der Waals surface area contributed by atoms with Crippen molar-refractivity contribution in [2.24, 2.45) is 0 Å². The van der Waals surface area contributed by atoms with Gasteiger partial charge in [-0.1, -0.05) is 44.2 Å². The molecule has 0 saturated carbocycles. The fourth-order valence-electron chi connectivity index (χ4n) is 1.43. The van der Waals surface area contributed by atoms with Gasteiger partial charge in [-0.25, -0.2) is 0 Å². The molecule has 1 rings (SSSR count). The Balaban J connectivity index is 0.00000196. The molecular weight excluding hydrogens is 272 g/mol. The largest absolute Gasteiger partial charge is 0.293 e. The Morgan fingerprint density at radius 3 is 2.07 bits per heavy atom. The Morgan fingerprint density at radius 1 is 1.20 bits per heavy atom. The minimum Gasteiger partial charge on any atom is -0.293 e. The molecule has 3 heteroatoms. The molecule has 0 heterocycles. The molecule has 0 aliphatic rings. The van der Waals surface area contributed by atoms with Crippen LogP contribution in [0.15, 0.2) is 30.3 Å². The highest BCUT2D eigenvalue weighted by atomic mass is 79.9. The van der Waals surface area contributed by atoms with Crippen molar-refractivity contribution >= 4 is 35.4 Å².